The summed E-state index contributed by atoms with van der Waals surface area (Å²) in [6, 6.07) is 0. The monoisotopic (exact) mass is 199 g/mol. The highest BCUT2D eigenvalue weighted by atomic mass is 32.1. The molecule has 72 valence electrons. The first-order valence-corrected chi connectivity index (χ1v) is 5.13. The van der Waals surface area contributed by atoms with Gasteiger partial charge >= 0.3 is 0 Å². The average molecular weight is 199 g/mol. The predicted octanol–water partition coefficient (Wildman–Crippen LogP) is 0.426. The third-order valence-corrected chi connectivity index (χ3v) is 3.31. The van der Waals surface area contributed by atoms with Gasteiger partial charge in [0.1, 0.15) is 0 Å². The fourth-order valence-corrected chi connectivity index (χ4v) is 2.35. The minimum Gasteiger partial charge on any atom is -0.473 e. The van der Waals surface area contributed by atoms with Crippen molar-refractivity contribution in [2.24, 2.45) is 5.84 Å². The van der Waals surface area contributed by atoms with E-state index < -0.39 is 0 Å². The summed E-state index contributed by atoms with van der Waals surface area (Å²) in [6.45, 7) is 1.80. The quantitative estimate of drug-likeness (QED) is 0.666. The Bertz CT molecular complexity index is 274. The van der Waals surface area contributed by atoms with Crippen LogP contribution in [0.4, 0.5) is 0 Å². The van der Waals surface area contributed by atoms with Crippen LogP contribution in [0.5, 0.6) is 5.19 Å². The van der Waals surface area contributed by atoms with Gasteiger partial charge in [0.2, 0.25) is 0 Å². The van der Waals surface area contributed by atoms with Gasteiger partial charge in [-0.2, -0.15) is 0 Å². The Hall–Kier alpha value is -0.650. The Morgan fingerprint density at radius 1 is 1.46 bits per heavy atom. The van der Waals surface area contributed by atoms with Crippen LogP contribution < -0.4 is 10.6 Å². The predicted molar refractivity (Wildman–Crippen MR) is 51.8 cm³/mol. The molecule has 0 aliphatic carbocycles. The van der Waals surface area contributed by atoms with Gasteiger partial charge in [0, 0.05) is 24.4 Å². The van der Waals surface area contributed by atoms with Crippen molar-refractivity contribution in [1.82, 2.24) is 9.99 Å². The first-order chi connectivity index (χ1) is 6.29. The van der Waals surface area contributed by atoms with Gasteiger partial charge in [-0.25, -0.2) is 9.99 Å². The van der Waals surface area contributed by atoms with Gasteiger partial charge in [0.15, 0.2) is 0 Å². The zero-order chi connectivity index (χ0) is 9.26. The summed E-state index contributed by atoms with van der Waals surface area (Å²) in [6.07, 6.45) is 1.93. The van der Waals surface area contributed by atoms with E-state index >= 15 is 0 Å². The van der Waals surface area contributed by atoms with Crippen LogP contribution in [-0.4, -0.2) is 30.2 Å². The van der Waals surface area contributed by atoms with Crippen LogP contribution in [0.25, 0.3) is 0 Å². The number of thiazole rings is 1. The third kappa shape index (κ3) is 1.82. The molecule has 13 heavy (non-hydrogen) atoms. The number of hydrogen-bond acceptors (Lipinski definition) is 5. The normalized spacial score (nSPS) is 18.0. The summed E-state index contributed by atoms with van der Waals surface area (Å²) in [5.41, 5.74) is 1.16. The smallest absolute Gasteiger partial charge is 0.273 e. The Balaban J connectivity index is 2.21. The Morgan fingerprint density at radius 3 is 3.00 bits per heavy atom. The van der Waals surface area contributed by atoms with E-state index in [1.54, 1.807) is 18.4 Å². The molecule has 0 atom stereocenters. The number of aromatic nitrogens is 1. The first kappa shape index (κ1) is 8.93. The Labute approximate surface area is 81.3 Å². The topological polar surface area (TPSA) is 51.4 Å². The van der Waals surface area contributed by atoms with E-state index in [0.717, 1.165) is 36.8 Å². The van der Waals surface area contributed by atoms with Gasteiger partial charge in [-0.3, -0.25) is 5.84 Å². The molecule has 1 aromatic heterocycles. The van der Waals surface area contributed by atoms with Crippen LogP contribution in [0, 0.1) is 0 Å². The molecule has 0 fully saturated rings. The number of rotatable bonds is 1. The van der Waals surface area contributed by atoms with Crippen molar-refractivity contribution < 1.29 is 4.74 Å². The van der Waals surface area contributed by atoms with Gasteiger partial charge in [0.05, 0.1) is 12.8 Å². The lowest BCUT2D eigenvalue weighted by atomic mass is 10.2. The standard InChI is InChI=1S/C8H13N3OS/c1-12-8-10-6-2-4-11(9)5-3-7(6)13-8/h2-5,9H2,1H3. The fraction of sp³-hybridized carbons (Fsp3) is 0.625. The SMILES string of the molecule is COc1nc2c(s1)CCN(N)CC2. The molecule has 0 aromatic carbocycles. The molecule has 0 spiro atoms. The van der Waals surface area contributed by atoms with Crippen LogP contribution >= 0.6 is 11.3 Å². The number of hydrogen-bond donors (Lipinski definition) is 1. The van der Waals surface area contributed by atoms with Crippen molar-refractivity contribution >= 4 is 11.3 Å². The Morgan fingerprint density at radius 2 is 2.23 bits per heavy atom. The van der Waals surface area contributed by atoms with Gasteiger partial charge in [0.25, 0.3) is 5.19 Å². The molecule has 0 saturated heterocycles. The molecule has 0 unspecified atom stereocenters. The summed E-state index contributed by atoms with van der Waals surface area (Å²) >= 11 is 1.64. The van der Waals surface area contributed by atoms with E-state index in [4.69, 9.17) is 10.6 Å². The molecule has 5 heteroatoms. The largest absolute Gasteiger partial charge is 0.473 e. The molecule has 1 aromatic rings. The highest BCUT2D eigenvalue weighted by Crippen LogP contribution is 2.26. The minimum atomic E-state index is 0.774. The number of hydrazine groups is 1. The second-order valence-corrected chi connectivity index (χ2v) is 4.14. The van der Waals surface area contributed by atoms with E-state index in [0.29, 0.717) is 0 Å². The lowest BCUT2D eigenvalue weighted by molar-refractivity contribution is 0.298. The van der Waals surface area contributed by atoms with Gasteiger partial charge in [-0.15, -0.1) is 0 Å². The van der Waals surface area contributed by atoms with Crippen molar-refractivity contribution in [3.8, 4) is 5.19 Å². The molecular weight excluding hydrogens is 186 g/mol. The van der Waals surface area contributed by atoms with E-state index in [1.807, 2.05) is 5.01 Å². The summed E-state index contributed by atoms with van der Waals surface area (Å²) in [4.78, 5) is 5.70. The lowest BCUT2D eigenvalue weighted by Gasteiger charge is -2.10. The highest BCUT2D eigenvalue weighted by molar-refractivity contribution is 7.13. The van der Waals surface area contributed by atoms with Crippen molar-refractivity contribution in [1.29, 1.82) is 0 Å². The Kier molecular flexibility index (Phi) is 2.48. The van der Waals surface area contributed by atoms with Crippen LogP contribution in [0.1, 0.15) is 10.6 Å². The zero-order valence-corrected chi connectivity index (χ0v) is 8.43. The summed E-state index contributed by atoms with van der Waals surface area (Å²) in [7, 11) is 1.66. The molecule has 0 bridgehead atoms. The summed E-state index contributed by atoms with van der Waals surface area (Å²) in [5, 5.41) is 2.62. The van der Waals surface area contributed by atoms with Gasteiger partial charge in [-0.05, 0) is 6.42 Å². The molecule has 4 nitrogen and oxygen atoms in total. The van der Waals surface area contributed by atoms with E-state index in [-0.39, 0.29) is 0 Å². The van der Waals surface area contributed by atoms with Gasteiger partial charge in [-0.1, -0.05) is 11.3 Å². The molecular formula is C8H13N3OS. The maximum atomic E-state index is 5.72. The van der Waals surface area contributed by atoms with E-state index in [1.165, 1.54) is 4.88 Å². The molecule has 0 radical (unpaired) electrons. The summed E-state index contributed by atoms with van der Waals surface area (Å²) < 4.78 is 5.10. The fourth-order valence-electron chi connectivity index (χ4n) is 1.44. The molecule has 2 rings (SSSR count). The van der Waals surface area contributed by atoms with Crippen molar-refractivity contribution in [2.45, 2.75) is 12.8 Å². The van der Waals surface area contributed by atoms with Gasteiger partial charge < -0.3 is 4.74 Å². The molecule has 1 aliphatic rings. The van der Waals surface area contributed by atoms with Crippen molar-refractivity contribution in [2.75, 3.05) is 20.2 Å². The maximum Gasteiger partial charge on any atom is 0.273 e. The second-order valence-electron chi connectivity index (χ2n) is 3.09. The molecule has 0 saturated carbocycles. The zero-order valence-electron chi connectivity index (χ0n) is 7.62. The van der Waals surface area contributed by atoms with Crippen LogP contribution in [0.3, 0.4) is 0 Å². The molecule has 2 N–H and O–H groups in total. The van der Waals surface area contributed by atoms with Crippen LogP contribution in [0.15, 0.2) is 0 Å². The van der Waals surface area contributed by atoms with E-state index in [9.17, 15) is 0 Å². The van der Waals surface area contributed by atoms with Crippen molar-refractivity contribution in [3.63, 3.8) is 0 Å². The van der Waals surface area contributed by atoms with Crippen LogP contribution in [0.2, 0.25) is 0 Å². The number of methoxy groups -OCH3 is 1. The van der Waals surface area contributed by atoms with Crippen molar-refractivity contribution in [3.05, 3.63) is 10.6 Å². The highest BCUT2D eigenvalue weighted by Gasteiger charge is 2.16. The average Bonchev–Trinajstić information content (AvgIpc) is 2.47. The molecule has 0 amide bonds. The maximum absolute atomic E-state index is 5.72. The number of fused-ring (bicyclic) bond motifs is 1. The number of nitrogens with two attached hydrogens (primary N) is 1. The van der Waals surface area contributed by atoms with Crippen LogP contribution in [-0.2, 0) is 12.8 Å². The second kappa shape index (κ2) is 3.61. The number of nitrogens with zero attached hydrogens (tertiary/aromatic N) is 2. The summed E-state index contributed by atoms with van der Waals surface area (Å²) in [5.74, 6) is 5.72. The molecule has 1 aliphatic heterocycles. The first-order valence-electron chi connectivity index (χ1n) is 4.32. The minimum absolute atomic E-state index is 0.774. The van der Waals surface area contributed by atoms with E-state index in [2.05, 4.69) is 4.98 Å². The molecule has 2 heterocycles. The number of ether oxygens (including phenoxy) is 1. The third-order valence-electron chi connectivity index (χ3n) is 2.20. The lowest BCUT2D eigenvalue weighted by Crippen LogP contribution is -2.33.